The third kappa shape index (κ3) is 3.80. The Labute approximate surface area is 155 Å². The molecule has 2 aromatic carbocycles. The van der Waals surface area contributed by atoms with Crippen molar-refractivity contribution in [2.24, 2.45) is 5.41 Å². The van der Waals surface area contributed by atoms with Crippen molar-refractivity contribution in [2.75, 3.05) is 17.7 Å². The zero-order valence-corrected chi connectivity index (χ0v) is 14.6. The van der Waals surface area contributed by atoms with Gasteiger partial charge in [0.15, 0.2) is 0 Å². The smallest absolute Gasteiger partial charge is 0.337 e. The van der Waals surface area contributed by atoms with E-state index in [0.717, 1.165) is 0 Å². The Hall–Kier alpha value is -3.66. The Morgan fingerprint density at radius 1 is 1.00 bits per heavy atom. The number of ether oxygens (including phenoxy) is 1. The van der Waals surface area contributed by atoms with Crippen LogP contribution in [0, 0.1) is 16.7 Å². The van der Waals surface area contributed by atoms with Gasteiger partial charge in [0.2, 0.25) is 11.8 Å². The second-order valence-corrected chi connectivity index (χ2v) is 6.25. The van der Waals surface area contributed by atoms with E-state index in [1.54, 1.807) is 36.4 Å². The van der Waals surface area contributed by atoms with Crippen molar-refractivity contribution >= 4 is 29.2 Å². The quantitative estimate of drug-likeness (QED) is 0.627. The monoisotopic (exact) mass is 363 g/mol. The fourth-order valence-electron chi connectivity index (χ4n) is 2.66. The van der Waals surface area contributed by atoms with Crippen LogP contribution in [0.2, 0.25) is 0 Å². The number of carbonyl (C=O) groups is 3. The Morgan fingerprint density at radius 2 is 1.63 bits per heavy atom. The molecule has 136 valence electrons. The number of amides is 2. The average Bonchev–Trinajstić information content (AvgIpc) is 3.50. The van der Waals surface area contributed by atoms with Crippen LogP contribution in [0.3, 0.4) is 0 Å². The van der Waals surface area contributed by atoms with Crippen molar-refractivity contribution in [2.45, 2.75) is 12.8 Å². The number of nitrogens with one attached hydrogen (secondary N) is 2. The van der Waals surface area contributed by atoms with Crippen molar-refractivity contribution in [1.82, 2.24) is 0 Å². The summed E-state index contributed by atoms with van der Waals surface area (Å²) in [7, 11) is 1.29. The lowest BCUT2D eigenvalue weighted by atomic mass is 10.0. The van der Waals surface area contributed by atoms with Crippen molar-refractivity contribution in [3.05, 3.63) is 59.7 Å². The van der Waals surface area contributed by atoms with E-state index in [1.165, 1.54) is 19.2 Å². The Bertz CT molecular complexity index is 940. The first-order chi connectivity index (χ1) is 13.0. The zero-order chi connectivity index (χ0) is 19.4. The Balaban J connectivity index is 1.67. The number of nitriles is 1. The van der Waals surface area contributed by atoms with Crippen LogP contribution in [0.1, 0.15) is 28.8 Å². The van der Waals surface area contributed by atoms with E-state index >= 15 is 0 Å². The number of hydrogen-bond donors (Lipinski definition) is 2. The molecule has 0 radical (unpaired) electrons. The van der Waals surface area contributed by atoms with Gasteiger partial charge in [-0.25, -0.2) is 4.79 Å². The van der Waals surface area contributed by atoms with Crippen LogP contribution in [-0.2, 0) is 14.3 Å². The SMILES string of the molecule is COC(=O)c1ccc(NC(=O)C2(C(=O)Nc3cccc(C#N)c3)CC2)cc1. The van der Waals surface area contributed by atoms with Crippen LogP contribution in [0.4, 0.5) is 11.4 Å². The van der Waals surface area contributed by atoms with Gasteiger partial charge in [0, 0.05) is 11.4 Å². The van der Waals surface area contributed by atoms with Gasteiger partial charge in [-0.3, -0.25) is 9.59 Å². The van der Waals surface area contributed by atoms with E-state index < -0.39 is 23.2 Å². The predicted molar refractivity (Wildman–Crippen MR) is 97.9 cm³/mol. The largest absolute Gasteiger partial charge is 0.465 e. The number of anilines is 2. The molecule has 1 saturated carbocycles. The summed E-state index contributed by atoms with van der Waals surface area (Å²) >= 11 is 0. The Kier molecular flexibility index (Phi) is 4.90. The highest BCUT2D eigenvalue weighted by molar-refractivity contribution is 6.17. The normalized spacial score (nSPS) is 13.8. The second-order valence-electron chi connectivity index (χ2n) is 6.25. The molecule has 2 amide bonds. The van der Waals surface area contributed by atoms with Gasteiger partial charge in [0.25, 0.3) is 0 Å². The molecule has 7 nitrogen and oxygen atoms in total. The minimum atomic E-state index is -1.12. The number of benzene rings is 2. The van der Waals surface area contributed by atoms with E-state index in [0.29, 0.717) is 35.3 Å². The maximum atomic E-state index is 12.6. The highest BCUT2D eigenvalue weighted by Crippen LogP contribution is 2.47. The predicted octanol–water partition coefficient (Wildman–Crippen LogP) is 2.70. The number of nitrogens with zero attached hydrogens (tertiary/aromatic N) is 1. The average molecular weight is 363 g/mol. The van der Waals surface area contributed by atoms with E-state index in [-0.39, 0.29) is 0 Å². The Morgan fingerprint density at radius 3 is 2.19 bits per heavy atom. The third-order valence-corrected chi connectivity index (χ3v) is 4.43. The molecule has 1 aliphatic carbocycles. The molecule has 0 aromatic heterocycles. The molecule has 27 heavy (non-hydrogen) atoms. The maximum absolute atomic E-state index is 12.6. The van der Waals surface area contributed by atoms with E-state index in [2.05, 4.69) is 15.4 Å². The van der Waals surface area contributed by atoms with Crippen LogP contribution in [0.15, 0.2) is 48.5 Å². The van der Waals surface area contributed by atoms with Gasteiger partial charge in [-0.15, -0.1) is 0 Å². The first kappa shape index (κ1) is 18.1. The van der Waals surface area contributed by atoms with Gasteiger partial charge in [-0.2, -0.15) is 5.26 Å². The molecule has 0 aliphatic heterocycles. The molecular weight excluding hydrogens is 346 g/mol. The summed E-state index contributed by atoms with van der Waals surface area (Å²) < 4.78 is 4.63. The van der Waals surface area contributed by atoms with Gasteiger partial charge >= 0.3 is 5.97 Å². The number of carbonyl (C=O) groups excluding carboxylic acids is 3. The zero-order valence-electron chi connectivity index (χ0n) is 14.6. The van der Waals surface area contributed by atoms with Gasteiger partial charge in [0.1, 0.15) is 5.41 Å². The topological polar surface area (TPSA) is 108 Å². The molecule has 2 aromatic rings. The molecule has 2 N–H and O–H groups in total. The molecule has 0 bridgehead atoms. The summed E-state index contributed by atoms with van der Waals surface area (Å²) in [6, 6.07) is 14.7. The van der Waals surface area contributed by atoms with Crippen LogP contribution >= 0.6 is 0 Å². The number of hydrogen-bond acceptors (Lipinski definition) is 5. The lowest BCUT2D eigenvalue weighted by molar-refractivity contribution is -0.131. The van der Waals surface area contributed by atoms with Gasteiger partial charge in [0.05, 0.1) is 24.3 Å². The number of rotatable bonds is 5. The van der Waals surface area contributed by atoms with Crippen molar-refractivity contribution < 1.29 is 19.1 Å². The van der Waals surface area contributed by atoms with Crippen molar-refractivity contribution in [3.63, 3.8) is 0 Å². The molecule has 0 heterocycles. The lowest BCUT2D eigenvalue weighted by Gasteiger charge is -2.15. The van der Waals surface area contributed by atoms with Crippen LogP contribution < -0.4 is 10.6 Å². The molecule has 7 heteroatoms. The summed E-state index contributed by atoms with van der Waals surface area (Å²) in [6.07, 6.45) is 0.895. The summed E-state index contributed by atoms with van der Waals surface area (Å²) in [5.74, 6) is -1.27. The molecule has 1 fully saturated rings. The fourth-order valence-corrected chi connectivity index (χ4v) is 2.66. The first-order valence-corrected chi connectivity index (χ1v) is 8.30. The van der Waals surface area contributed by atoms with Gasteiger partial charge in [-0.05, 0) is 55.3 Å². The standard InChI is InChI=1S/C20H17N3O4/c1-27-17(24)14-5-7-15(8-6-14)22-18(25)20(9-10-20)19(26)23-16-4-2-3-13(11-16)12-21/h2-8,11H,9-10H2,1H3,(H,22,25)(H,23,26). The maximum Gasteiger partial charge on any atom is 0.337 e. The molecule has 3 rings (SSSR count). The van der Waals surface area contributed by atoms with Gasteiger partial charge in [-0.1, -0.05) is 6.07 Å². The molecule has 1 aliphatic rings. The number of methoxy groups -OCH3 is 1. The summed E-state index contributed by atoms with van der Waals surface area (Å²) in [5.41, 5.74) is 0.627. The summed E-state index contributed by atoms with van der Waals surface area (Å²) in [4.78, 5) is 36.6. The van der Waals surface area contributed by atoms with Crippen LogP contribution in [0.25, 0.3) is 0 Å². The van der Waals surface area contributed by atoms with Crippen molar-refractivity contribution in [3.8, 4) is 6.07 Å². The number of esters is 1. The van der Waals surface area contributed by atoms with E-state index in [9.17, 15) is 14.4 Å². The highest BCUT2D eigenvalue weighted by Gasteiger charge is 2.56. The molecule has 0 atom stereocenters. The highest BCUT2D eigenvalue weighted by atomic mass is 16.5. The molecular formula is C20H17N3O4. The van der Waals surface area contributed by atoms with Gasteiger partial charge < -0.3 is 15.4 Å². The third-order valence-electron chi connectivity index (χ3n) is 4.43. The summed E-state index contributed by atoms with van der Waals surface area (Å²) in [6.45, 7) is 0. The van der Waals surface area contributed by atoms with E-state index in [1.807, 2.05) is 6.07 Å². The fraction of sp³-hybridized carbons (Fsp3) is 0.200. The molecule has 0 saturated heterocycles. The first-order valence-electron chi connectivity index (χ1n) is 8.30. The van der Waals surface area contributed by atoms with Crippen LogP contribution in [-0.4, -0.2) is 24.9 Å². The minimum Gasteiger partial charge on any atom is -0.465 e. The van der Waals surface area contributed by atoms with E-state index in [4.69, 9.17) is 5.26 Å². The lowest BCUT2D eigenvalue weighted by Crippen LogP contribution is -2.35. The molecule has 0 spiro atoms. The summed E-state index contributed by atoms with van der Waals surface area (Å²) in [5, 5.41) is 14.4. The second kappa shape index (κ2) is 7.30. The van der Waals surface area contributed by atoms with Crippen LogP contribution in [0.5, 0.6) is 0 Å². The molecule has 0 unspecified atom stereocenters. The minimum absolute atomic E-state index is 0.367. The van der Waals surface area contributed by atoms with Crippen molar-refractivity contribution in [1.29, 1.82) is 5.26 Å².